The summed E-state index contributed by atoms with van der Waals surface area (Å²) < 4.78 is 2.42. The van der Waals surface area contributed by atoms with Crippen LogP contribution in [0.2, 0.25) is 5.02 Å². The highest BCUT2D eigenvalue weighted by atomic mass is 35.5. The lowest BCUT2D eigenvalue weighted by atomic mass is 10.0. The molecule has 0 aliphatic carbocycles. The lowest BCUT2D eigenvalue weighted by molar-refractivity contribution is 0.683. The van der Waals surface area contributed by atoms with Crippen LogP contribution in [0.3, 0.4) is 0 Å². The highest BCUT2D eigenvalue weighted by Crippen LogP contribution is 2.32. The summed E-state index contributed by atoms with van der Waals surface area (Å²) in [6, 6.07) is 18.9. The third-order valence-corrected chi connectivity index (χ3v) is 4.96. The summed E-state index contributed by atoms with van der Waals surface area (Å²) in [5.74, 6) is 0. The average molecular weight is 337 g/mol. The van der Waals surface area contributed by atoms with E-state index in [4.69, 9.17) is 11.6 Å². The van der Waals surface area contributed by atoms with Gasteiger partial charge in [-0.2, -0.15) is 0 Å². The number of rotatable bonds is 3. The van der Waals surface area contributed by atoms with Crippen molar-refractivity contribution in [3.8, 4) is 11.1 Å². The predicted molar refractivity (Wildman–Crippen MR) is 101 cm³/mol. The van der Waals surface area contributed by atoms with Crippen molar-refractivity contribution in [1.29, 1.82) is 0 Å². The number of hydrogen-bond donors (Lipinski definition) is 1. The lowest BCUT2D eigenvalue weighted by Crippen LogP contribution is -2.17. The highest BCUT2D eigenvalue weighted by molar-refractivity contribution is 6.30. The zero-order valence-electron chi connectivity index (χ0n) is 13.6. The molecule has 0 unspecified atom stereocenters. The van der Waals surface area contributed by atoms with Crippen molar-refractivity contribution in [3.05, 3.63) is 82.6 Å². The van der Waals surface area contributed by atoms with Crippen LogP contribution in [-0.4, -0.2) is 17.7 Å². The van der Waals surface area contributed by atoms with Crippen molar-refractivity contribution in [2.75, 3.05) is 13.1 Å². The smallest absolute Gasteiger partial charge is 0.0473 e. The Morgan fingerprint density at radius 3 is 2.62 bits per heavy atom. The van der Waals surface area contributed by atoms with E-state index in [2.05, 4.69) is 58.5 Å². The molecule has 2 aromatic carbocycles. The zero-order chi connectivity index (χ0) is 16.4. The summed E-state index contributed by atoms with van der Waals surface area (Å²) in [6.45, 7) is 3.00. The van der Waals surface area contributed by atoms with Gasteiger partial charge in [-0.3, -0.25) is 0 Å². The number of fused-ring (bicyclic) bond motifs is 1. The van der Waals surface area contributed by atoms with E-state index < -0.39 is 0 Å². The topological polar surface area (TPSA) is 17.0 Å². The number of aromatic nitrogens is 1. The van der Waals surface area contributed by atoms with E-state index in [1.807, 2.05) is 12.1 Å². The second-order valence-corrected chi connectivity index (χ2v) is 6.78. The number of nitrogens with one attached hydrogen (secondary N) is 1. The van der Waals surface area contributed by atoms with Gasteiger partial charge in [0.25, 0.3) is 0 Å². The Bertz CT molecular complexity index is 836. The van der Waals surface area contributed by atoms with E-state index in [1.54, 1.807) is 0 Å². The van der Waals surface area contributed by atoms with Crippen LogP contribution in [0.15, 0.2) is 60.8 Å². The molecule has 4 rings (SSSR count). The first-order valence-corrected chi connectivity index (χ1v) is 8.90. The molecule has 0 atom stereocenters. The molecule has 0 amide bonds. The molecule has 0 radical (unpaired) electrons. The first-order valence-electron chi connectivity index (χ1n) is 8.53. The van der Waals surface area contributed by atoms with Crippen LogP contribution >= 0.6 is 11.6 Å². The number of benzene rings is 2. The molecule has 3 aromatic rings. The summed E-state index contributed by atoms with van der Waals surface area (Å²) in [5, 5.41) is 4.32. The van der Waals surface area contributed by atoms with Gasteiger partial charge in [-0.05, 0) is 41.8 Å². The second-order valence-electron chi connectivity index (χ2n) is 6.34. The number of nitrogens with zero attached hydrogens (tertiary/aromatic N) is 1. The van der Waals surface area contributed by atoms with E-state index in [0.29, 0.717) is 0 Å². The van der Waals surface area contributed by atoms with Crippen LogP contribution < -0.4 is 5.32 Å². The molecule has 2 nitrogen and oxygen atoms in total. The predicted octanol–water partition coefficient (Wildman–Crippen LogP) is 4.55. The van der Waals surface area contributed by atoms with E-state index in [0.717, 1.165) is 37.5 Å². The van der Waals surface area contributed by atoms with Gasteiger partial charge in [0.15, 0.2) is 0 Å². The van der Waals surface area contributed by atoms with E-state index in [-0.39, 0.29) is 0 Å². The Balaban J connectivity index is 1.80. The maximum Gasteiger partial charge on any atom is 0.0473 e. The second kappa shape index (κ2) is 6.84. The van der Waals surface area contributed by atoms with Crippen molar-refractivity contribution < 1.29 is 0 Å². The molecule has 24 heavy (non-hydrogen) atoms. The Morgan fingerprint density at radius 1 is 0.958 bits per heavy atom. The first kappa shape index (κ1) is 15.5. The van der Waals surface area contributed by atoms with Crippen LogP contribution in [0.4, 0.5) is 0 Å². The molecule has 1 aromatic heterocycles. The number of halogens is 1. The zero-order valence-corrected chi connectivity index (χ0v) is 14.4. The van der Waals surface area contributed by atoms with Crippen molar-refractivity contribution in [1.82, 2.24) is 9.88 Å². The van der Waals surface area contributed by atoms with Gasteiger partial charge < -0.3 is 9.88 Å². The largest absolute Gasteiger partial charge is 0.346 e. The molecule has 0 bridgehead atoms. The van der Waals surface area contributed by atoms with Gasteiger partial charge in [0.1, 0.15) is 0 Å². The molecule has 122 valence electrons. The summed E-state index contributed by atoms with van der Waals surface area (Å²) in [4.78, 5) is 0. The van der Waals surface area contributed by atoms with Crippen LogP contribution in [0.5, 0.6) is 0 Å². The minimum atomic E-state index is 0.795. The molecule has 1 aliphatic rings. The molecule has 0 saturated carbocycles. The molecule has 0 spiro atoms. The fraction of sp³-hybridized carbons (Fsp3) is 0.238. The summed E-state index contributed by atoms with van der Waals surface area (Å²) in [7, 11) is 0. The lowest BCUT2D eigenvalue weighted by Gasteiger charge is -2.09. The monoisotopic (exact) mass is 336 g/mol. The first-order chi connectivity index (χ1) is 11.8. The minimum absolute atomic E-state index is 0.795. The van der Waals surface area contributed by atoms with Crippen LogP contribution in [0.25, 0.3) is 11.1 Å². The van der Waals surface area contributed by atoms with Gasteiger partial charge >= 0.3 is 0 Å². The molecule has 2 heterocycles. The van der Waals surface area contributed by atoms with E-state index in [9.17, 15) is 0 Å². The van der Waals surface area contributed by atoms with Crippen molar-refractivity contribution in [2.45, 2.75) is 19.4 Å². The Morgan fingerprint density at radius 2 is 1.79 bits per heavy atom. The third-order valence-electron chi connectivity index (χ3n) is 4.73. The van der Waals surface area contributed by atoms with Gasteiger partial charge in [0.05, 0.1) is 0 Å². The third kappa shape index (κ3) is 3.12. The summed E-state index contributed by atoms with van der Waals surface area (Å²) in [6.07, 6.45) is 4.45. The van der Waals surface area contributed by atoms with Crippen molar-refractivity contribution >= 4 is 11.6 Å². The quantitative estimate of drug-likeness (QED) is 0.742. The Hall–Kier alpha value is -2.03. The van der Waals surface area contributed by atoms with Gasteiger partial charge in [-0.1, -0.05) is 54.1 Å². The van der Waals surface area contributed by atoms with Gasteiger partial charge in [-0.25, -0.2) is 0 Å². The maximum atomic E-state index is 6.23. The molecular weight excluding hydrogens is 316 g/mol. The van der Waals surface area contributed by atoms with E-state index >= 15 is 0 Å². The van der Waals surface area contributed by atoms with Gasteiger partial charge in [0, 0.05) is 42.0 Å². The normalized spacial score (nSPS) is 14.2. The van der Waals surface area contributed by atoms with Crippen LogP contribution in [0, 0.1) is 0 Å². The van der Waals surface area contributed by atoms with Gasteiger partial charge in [0.2, 0.25) is 0 Å². The maximum absolute atomic E-state index is 6.23. The fourth-order valence-corrected chi connectivity index (χ4v) is 3.78. The summed E-state index contributed by atoms with van der Waals surface area (Å²) >= 11 is 6.23. The Labute approximate surface area is 148 Å². The Kier molecular flexibility index (Phi) is 4.42. The minimum Gasteiger partial charge on any atom is -0.346 e. The van der Waals surface area contributed by atoms with Crippen molar-refractivity contribution in [3.63, 3.8) is 0 Å². The molecule has 0 saturated heterocycles. The molecule has 1 N–H and O–H groups in total. The SMILES string of the molecule is Clc1cccc(-c2cn(Cc3ccccc3)c3c2CCNCC3)c1. The summed E-state index contributed by atoms with van der Waals surface area (Å²) in [5.41, 5.74) is 6.81. The fourth-order valence-electron chi connectivity index (χ4n) is 3.59. The van der Waals surface area contributed by atoms with E-state index in [1.165, 1.54) is 27.9 Å². The average Bonchev–Trinajstić information content (AvgIpc) is 2.78. The molecule has 1 aliphatic heterocycles. The molecule has 3 heteroatoms. The van der Waals surface area contributed by atoms with Crippen LogP contribution in [0.1, 0.15) is 16.8 Å². The number of hydrogen-bond acceptors (Lipinski definition) is 1. The van der Waals surface area contributed by atoms with Crippen LogP contribution in [-0.2, 0) is 19.4 Å². The highest BCUT2D eigenvalue weighted by Gasteiger charge is 2.19. The standard InChI is InChI=1S/C21H21ClN2/c22-18-8-4-7-17(13-18)20-15-24(14-16-5-2-1-3-6-16)21-10-12-23-11-9-19(20)21/h1-8,13,15,23H,9-12,14H2. The molecule has 0 fully saturated rings. The molecular formula is C21H21ClN2. The van der Waals surface area contributed by atoms with Gasteiger partial charge in [-0.15, -0.1) is 0 Å². The van der Waals surface area contributed by atoms with Crippen molar-refractivity contribution in [2.24, 2.45) is 0 Å².